The molecule has 1 unspecified atom stereocenters. The predicted molar refractivity (Wildman–Crippen MR) is 73.9 cm³/mol. The zero-order chi connectivity index (χ0) is 13.5. The van der Waals surface area contributed by atoms with E-state index in [1.165, 1.54) is 4.90 Å². The molecule has 0 spiro atoms. The Bertz CT molecular complexity index is 624. The van der Waals surface area contributed by atoms with Crippen LogP contribution in [0.3, 0.4) is 0 Å². The lowest BCUT2D eigenvalue weighted by Gasteiger charge is -2.22. The molecule has 0 radical (unpaired) electrons. The minimum absolute atomic E-state index is 0.266. The highest BCUT2D eigenvalue weighted by Gasteiger charge is 2.48. The molecule has 0 fully saturated rings. The maximum absolute atomic E-state index is 12.4. The quantitative estimate of drug-likeness (QED) is 0.890. The summed E-state index contributed by atoms with van der Waals surface area (Å²) in [7, 11) is 1.70. The van der Waals surface area contributed by atoms with Crippen molar-refractivity contribution < 1.29 is 9.90 Å². The van der Waals surface area contributed by atoms with Crippen LogP contribution in [0.5, 0.6) is 0 Å². The SMILES string of the molecule is CN1C(=O)C(O)(Cc2ccccc2)c2ccccc21. The van der Waals surface area contributed by atoms with E-state index in [0.29, 0.717) is 12.0 Å². The molecule has 1 amide bonds. The van der Waals surface area contributed by atoms with Gasteiger partial charge in [-0.15, -0.1) is 0 Å². The van der Waals surface area contributed by atoms with E-state index in [9.17, 15) is 9.90 Å². The van der Waals surface area contributed by atoms with Crippen molar-refractivity contribution in [3.8, 4) is 0 Å². The summed E-state index contributed by atoms with van der Waals surface area (Å²) in [6.07, 6.45) is 0.300. The summed E-state index contributed by atoms with van der Waals surface area (Å²) in [5.41, 5.74) is 0.966. The van der Waals surface area contributed by atoms with Crippen molar-refractivity contribution in [2.75, 3.05) is 11.9 Å². The predicted octanol–water partition coefficient (Wildman–Crippen LogP) is 2.09. The fourth-order valence-electron chi connectivity index (χ4n) is 2.68. The van der Waals surface area contributed by atoms with Crippen LogP contribution in [0, 0.1) is 0 Å². The summed E-state index contributed by atoms with van der Waals surface area (Å²) < 4.78 is 0. The summed E-state index contributed by atoms with van der Waals surface area (Å²) in [6, 6.07) is 17.0. The zero-order valence-electron chi connectivity index (χ0n) is 10.7. The maximum Gasteiger partial charge on any atom is 0.263 e. The van der Waals surface area contributed by atoms with Gasteiger partial charge in [0.1, 0.15) is 0 Å². The Balaban J connectivity index is 2.06. The van der Waals surface area contributed by atoms with E-state index in [1.54, 1.807) is 7.05 Å². The molecule has 0 saturated carbocycles. The van der Waals surface area contributed by atoms with E-state index >= 15 is 0 Å². The second kappa shape index (κ2) is 4.21. The number of fused-ring (bicyclic) bond motifs is 1. The molecule has 1 N–H and O–H groups in total. The molecule has 1 aliphatic heterocycles. The topological polar surface area (TPSA) is 40.5 Å². The number of aliphatic hydroxyl groups is 1. The van der Waals surface area contributed by atoms with Crippen LogP contribution in [0.15, 0.2) is 54.6 Å². The normalized spacial score (nSPS) is 21.6. The second-order valence-corrected chi connectivity index (χ2v) is 4.90. The van der Waals surface area contributed by atoms with Gasteiger partial charge in [0.25, 0.3) is 5.91 Å². The average Bonchev–Trinajstić information content (AvgIpc) is 2.63. The molecular weight excluding hydrogens is 238 g/mol. The summed E-state index contributed by atoms with van der Waals surface area (Å²) in [5, 5.41) is 10.8. The fourth-order valence-corrected chi connectivity index (χ4v) is 2.68. The third-order valence-electron chi connectivity index (χ3n) is 3.67. The molecule has 2 aromatic rings. The first-order valence-electron chi connectivity index (χ1n) is 6.27. The van der Waals surface area contributed by atoms with Gasteiger partial charge < -0.3 is 10.0 Å². The van der Waals surface area contributed by atoms with Crippen LogP contribution in [0.2, 0.25) is 0 Å². The number of carbonyl (C=O) groups is 1. The highest BCUT2D eigenvalue weighted by Crippen LogP contribution is 2.41. The molecule has 2 aromatic carbocycles. The molecule has 0 aromatic heterocycles. The summed E-state index contributed by atoms with van der Waals surface area (Å²) in [4.78, 5) is 13.9. The number of nitrogens with zero attached hydrogens (tertiary/aromatic N) is 1. The van der Waals surface area contributed by atoms with Gasteiger partial charge in [-0.1, -0.05) is 48.5 Å². The molecule has 3 nitrogen and oxygen atoms in total. The van der Waals surface area contributed by atoms with Crippen LogP contribution in [0.25, 0.3) is 0 Å². The Morgan fingerprint density at radius 3 is 2.42 bits per heavy atom. The number of benzene rings is 2. The highest BCUT2D eigenvalue weighted by molar-refractivity contribution is 6.06. The Morgan fingerprint density at radius 2 is 1.68 bits per heavy atom. The van der Waals surface area contributed by atoms with Gasteiger partial charge in [0.05, 0.1) is 5.69 Å². The maximum atomic E-state index is 12.4. The van der Waals surface area contributed by atoms with Gasteiger partial charge in [-0.2, -0.15) is 0 Å². The zero-order valence-corrected chi connectivity index (χ0v) is 10.7. The van der Waals surface area contributed by atoms with E-state index in [1.807, 2.05) is 54.6 Å². The van der Waals surface area contributed by atoms with Gasteiger partial charge in [-0.25, -0.2) is 0 Å². The first-order valence-corrected chi connectivity index (χ1v) is 6.27. The van der Waals surface area contributed by atoms with E-state index in [2.05, 4.69) is 0 Å². The Hall–Kier alpha value is -2.13. The summed E-state index contributed by atoms with van der Waals surface area (Å²) in [5.74, 6) is -0.266. The number of amides is 1. The molecule has 1 heterocycles. The van der Waals surface area contributed by atoms with Crippen LogP contribution in [0.1, 0.15) is 11.1 Å². The van der Waals surface area contributed by atoms with E-state index in [-0.39, 0.29) is 5.91 Å². The fraction of sp³-hybridized carbons (Fsp3) is 0.188. The molecule has 3 rings (SSSR count). The molecular formula is C16H15NO2. The molecule has 3 heteroatoms. The van der Waals surface area contributed by atoms with Crippen LogP contribution in [0.4, 0.5) is 5.69 Å². The van der Waals surface area contributed by atoms with Gasteiger partial charge in [-0.05, 0) is 11.6 Å². The van der Waals surface area contributed by atoms with Crippen LogP contribution >= 0.6 is 0 Å². The van der Waals surface area contributed by atoms with Crippen molar-refractivity contribution in [3.63, 3.8) is 0 Å². The molecule has 0 bridgehead atoms. The number of rotatable bonds is 2. The third kappa shape index (κ3) is 1.74. The van der Waals surface area contributed by atoms with Crippen LogP contribution in [-0.2, 0) is 16.8 Å². The van der Waals surface area contributed by atoms with Crippen molar-refractivity contribution in [2.24, 2.45) is 0 Å². The first-order chi connectivity index (χ1) is 9.13. The third-order valence-corrected chi connectivity index (χ3v) is 3.67. The standard InChI is InChI=1S/C16H15NO2/c1-17-14-10-6-5-9-13(14)16(19,15(17)18)11-12-7-3-2-4-8-12/h2-10,19H,11H2,1H3. The number of para-hydroxylation sites is 1. The Labute approximate surface area is 112 Å². The minimum Gasteiger partial charge on any atom is -0.375 e. The van der Waals surface area contributed by atoms with Gasteiger partial charge in [-0.3, -0.25) is 4.79 Å². The minimum atomic E-state index is -1.45. The lowest BCUT2D eigenvalue weighted by atomic mass is 9.88. The van der Waals surface area contributed by atoms with E-state index < -0.39 is 5.60 Å². The van der Waals surface area contributed by atoms with Crippen LogP contribution in [-0.4, -0.2) is 18.1 Å². The second-order valence-electron chi connectivity index (χ2n) is 4.90. The number of anilines is 1. The Morgan fingerprint density at radius 1 is 1.05 bits per heavy atom. The smallest absolute Gasteiger partial charge is 0.263 e. The van der Waals surface area contributed by atoms with Crippen molar-refractivity contribution in [1.82, 2.24) is 0 Å². The van der Waals surface area contributed by atoms with Crippen molar-refractivity contribution in [2.45, 2.75) is 12.0 Å². The van der Waals surface area contributed by atoms with Crippen molar-refractivity contribution >= 4 is 11.6 Å². The monoisotopic (exact) mass is 253 g/mol. The largest absolute Gasteiger partial charge is 0.375 e. The van der Waals surface area contributed by atoms with Gasteiger partial charge >= 0.3 is 0 Å². The lowest BCUT2D eigenvalue weighted by Crippen LogP contribution is -2.40. The molecule has 19 heavy (non-hydrogen) atoms. The van der Waals surface area contributed by atoms with Crippen LogP contribution < -0.4 is 4.90 Å². The molecule has 0 aliphatic carbocycles. The van der Waals surface area contributed by atoms with Crippen molar-refractivity contribution in [3.05, 3.63) is 65.7 Å². The van der Waals surface area contributed by atoms with Gasteiger partial charge in [0, 0.05) is 19.0 Å². The lowest BCUT2D eigenvalue weighted by molar-refractivity contribution is -0.135. The summed E-state index contributed by atoms with van der Waals surface area (Å²) >= 11 is 0. The highest BCUT2D eigenvalue weighted by atomic mass is 16.3. The average molecular weight is 253 g/mol. The number of likely N-dealkylation sites (N-methyl/N-ethyl adjacent to an activating group) is 1. The molecule has 1 atom stereocenters. The molecule has 1 aliphatic rings. The molecule has 0 saturated heterocycles. The van der Waals surface area contributed by atoms with E-state index in [4.69, 9.17) is 0 Å². The number of carbonyl (C=O) groups excluding carboxylic acids is 1. The first kappa shape index (κ1) is 11.9. The van der Waals surface area contributed by atoms with Gasteiger partial charge in [0.2, 0.25) is 0 Å². The van der Waals surface area contributed by atoms with E-state index in [0.717, 1.165) is 11.3 Å². The molecule has 96 valence electrons. The summed E-state index contributed by atoms with van der Waals surface area (Å²) in [6.45, 7) is 0. The number of hydrogen-bond donors (Lipinski definition) is 1. The van der Waals surface area contributed by atoms with Crippen molar-refractivity contribution in [1.29, 1.82) is 0 Å². The Kier molecular flexibility index (Phi) is 2.64. The number of hydrogen-bond acceptors (Lipinski definition) is 2. The van der Waals surface area contributed by atoms with Gasteiger partial charge in [0.15, 0.2) is 5.60 Å².